The highest BCUT2D eigenvalue weighted by atomic mass is 32.2. The zero-order valence-electron chi connectivity index (χ0n) is 13.0. The minimum Gasteiger partial charge on any atom is -0.357 e. The molecule has 0 spiro atoms. The van der Waals surface area contributed by atoms with E-state index in [9.17, 15) is 9.59 Å². The number of aromatic amines is 1. The van der Waals surface area contributed by atoms with Gasteiger partial charge in [-0.05, 0) is 30.5 Å². The number of nitrogens with one attached hydrogen (secondary N) is 1. The number of nitrogens with zero attached hydrogens (tertiary/aromatic N) is 2. The van der Waals surface area contributed by atoms with Crippen LogP contribution in [0.25, 0.3) is 0 Å². The third kappa shape index (κ3) is 3.27. The first-order chi connectivity index (χ1) is 11.2. The Bertz CT molecular complexity index is 692. The number of hydrogen-bond acceptors (Lipinski definition) is 3. The van der Waals surface area contributed by atoms with E-state index in [1.54, 1.807) is 28.9 Å². The number of carbonyl (C=O) groups excluding carboxylic acids is 2. The summed E-state index contributed by atoms with van der Waals surface area (Å²) >= 11 is 1.58. The van der Waals surface area contributed by atoms with E-state index >= 15 is 0 Å². The second kappa shape index (κ2) is 6.91. The number of benzene rings is 1. The van der Waals surface area contributed by atoms with Gasteiger partial charge in [-0.2, -0.15) is 0 Å². The van der Waals surface area contributed by atoms with Gasteiger partial charge < -0.3 is 14.8 Å². The Balaban J connectivity index is 1.65. The summed E-state index contributed by atoms with van der Waals surface area (Å²) in [7, 11) is 0. The molecule has 5 nitrogen and oxygen atoms in total. The topological polar surface area (TPSA) is 56.4 Å². The average Bonchev–Trinajstić information content (AvgIpc) is 3.15. The van der Waals surface area contributed by atoms with Crippen LogP contribution in [0.4, 0.5) is 0 Å². The minimum absolute atomic E-state index is 0.00777. The molecule has 0 unspecified atom stereocenters. The molecular formula is C17H19N3O2S. The number of thioether (sulfide) groups is 1. The number of carbonyl (C=O) groups is 2. The summed E-state index contributed by atoms with van der Waals surface area (Å²) in [5.74, 6) is 0.0357. The van der Waals surface area contributed by atoms with Crippen molar-refractivity contribution in [1.82, 2.24) is 14.8 Å². The largest absolute Gasteiger partial charge is 0.357 e. The highest BCUT2D eigenvalue weighted by molar-refractivity contribution is 7.98. The van der Waals surface area contributed by atoms with Crippen molar-refractivity contribution in [2.45, 2.75) is 4.90 Å². The number of rotatable bonds is 3. The smallest absolute Gasteiger partial charge is 0.270 e. The third-order valence-corrected chi connectivity index (χ3v) is 4.82. The lowest BCUT2D eigenvalue weighted by atomic mass is 10.1. The summed E-state index contributed by atoms with van der Waals surface area (Å²) in [5.41, 5.74) is 1.33. The normalized spacial score (nSPS) is 14.8. The van der Waals surface area contributed by atoms with Crippen LogP contribution in [0.5, 0.6) is 0 Å². The van der Waals surface area contributed by atoms with Crippen LogP contribution in [0.1, 0.15) is 20.8 Å². The Morgan fingerprint density at radius 3 is 2.22 bits per heavy atom. The number of aromatic nitrogens is 1. The van der Waals surface area contributed by atoms with E-state index < -0.39 is 0 Å². The number of amides is 2. The van der Waals surface area contributed by atoms with Gasteiger partial charge in [-0.15, -0.1) is 11.8 Å². The van der Waals surface area contributed by atoms with E-state index in [0.29, 0.717) is 31.9 Å². The molecule has 0 bridgehead atoms. The van der Waals surface area contributed by atoms with Crippen molar-refractivity contribution in [1.29, 1.82) is 0 Å². The highest BCUT2D eigenvalue weighted by Gasteiger charge is 2.26. The van der Waals surface area contributed by atoms with Gasteiger partial charge in [0.1, 0.15) is 5.69 Å². The van der Waals surface area contributed by atoms with E-state index in [2.05, 4.69) is 4.98 Å². The van der Waals surface area contributed by atoms with Gasteiger partial charge >= 0.3 is 0 Å². The van der Waals surface area contributed by atoms with Crippen LogP contribution in [-0.2, 0) is 0 Å². The molecule has 2 heterocycles. The molecule has 23 heavy (non-hydrogen) atoms. The SMILES string of the molecule is CSc1ccccc1C(=O)N1CCN(C(=O)c2ccc[nH]2)CC1. The van der Waals surface area contributed by atoms with Crippen LogP contribution in [0.15, 0.2) is 47.5 Å². The molecule has 1 N–H and O–H groups in total. The number of H-pyrrole nitrogens is 1. The summed E-state index contributed by atoms with van der Waals surface area (Å²) in [5, 5.41) is 0. The maximum atomic E-state index is 12.7. The molecule has 1 saturated heterocycles. The molecule has 1 aromatic heterocycles. The van der Waals surface area contributed by atoms with Crippen LogP contribution < -0.4 is 0 Å². The molecule has 3 rings (SSSR count). The first-order valence-corrected chi connectivity index (χ1v) is 8.78. The lowest BCUT2D eigenvalue weighted by Gasteiger charge is -2.34. The monoisotopic (exact) mass is 329 g/mol. The van der Waals surface area contributed by atoms with E-state index in [4.69, 9.17) is 0 Å². The Morgan fingerprint density at radius 2 is 1.61 bits per heavy atom. The van der Waals surface area contributed by atoms with Crippen molar-refractivity contribution >= 4 is 23.6 Å². The zero-order chi connectivity index (χ0) is 16.2. The van der Waals surface area contributed by atoms with Crippen LogP contribution in [0, 0.1) is 0 Å². The molecule has 0 aliphatic carbocycles. The van der Waals surface area contributed by atoms with Gasteiger partial charge in [0, 0.05) is 37.3 Å². The van der Waals surface area contributed by atoms with Crippen molar-refractivity contribution in [3.8, 4) is 0 Å². The second-order valence-electron chi connectivity index (χ2n) is 5.37. The summed E-state index contributed by atoms with van der Waals surface area (Å²) in [4.78, 5) is 32.5. The zero-order valence-corrected chi connectivity index (χ0v) is 13.8. The van der Waals surface area contributed by atoms with Crippen LogP contribution >= 0.6 is 11.8 Å². The summed E-state index contributed by atoms with van der Waals surface area (Å²) in [6.45, 7) is 2.25. The molecule has 1 aliphatic heterocycles. The van der Waals surface area contributed by atoms with Crippen LogP contribution in [-0.4, -0.2) is 59.0 Å². The maximum absolute atomic E-state index is 12.7. The van der Waals surface area contributed by atoms with Crippen molar-refractivity contribution in [2.24, 2.45) is 0 Å². The first kappa shape index (κ1) is 15.7. The van der Waals surface area contributed by atoms with Crippen molar-refractivity contribution < 1.29 is 9.59 Å². The summed E-state index contributed by atoms with van der Waals surface area (Å²) in [6, 6.07) is 11.2. The fraction of sp³-hybridized carbons (Fsp3) is 0.294. The Hall–Kier alpha value is -2.21. The van der Waals surface area contributed by atoms with Gasteiger partial charge in [-0.25, -0.2) is 0 Å². The molecule has 1 fully saturated rings. The molecule has 0 radical (unpaired) electrons. The van der Waals surface area contributed by atoms with E-state index in [1.807, 2.05) is 41.5 Å². The molecule has 120 valence electrons. The quantitative estimate of drug-likeness (QED) is 0.880. The summed E-state index contributed by atoms with van der Waals surface area (Å²) < 4.78 is 0. The van der Waals surface area contributed by atoms with E-state index in [1.165, 1.54) is 0 Å². The first-order valence-electron chi connectivity index (χ1n) is 7.55. The van der Waals surface area contributed by atoms with E-state index in [0.717, 1.165) is 10.5 Å². The van der Waals surface area contributed by atoms with Crippen molar-refractivity contribution in [3.63, 3.8) is 0 Å². The minimum atomic E-state index is -0.00777. The third-order valence-electron chi connectivity index (χ3n) is 4.02. The fourth-order valence-electron chi connectivity index (χ4n) is 2.74. The van der Waals surface area contributed by atoms with Crippen LogP contribution in [0.3, 0.4) is 0 Å². The molecule has 0 saturated carbocycles. The van der Waals surface area contributed by atoms with Crippen LogP contribution in [0.2, 0.25) is 0 Å². The number of piperazine rings is 1. The van der Waals surface area contributed by atoms with Crippen molar-refractivity contribution in [3.05, 3.63) is 53.9 Å². The van der Waals surface area contributed by atoms with Crippen molar-refractivity contribution in [2.75, 3.05) is 32.4 Å². The molecule has 6 heteroatoms. The standard InChI is InChI=1S/C17H19N3O2S/c1-23-15-7-3-2-5-13(15)16(21)19-9-11-20(12-10-19)17(22)14-6-4-8-18-14/h2-8,18H,9-12H2,1H3. The molecule has 1 aromatic carbocycles. The molecule has 0 atom stereocenters. The van der Waals surface area contributed by atoms with Gasteiger partial charge in [0.25, 0.3) is 11.8 Å². The van der Waals surface area contributed by atoms with Gasteiger partial charge in [0.2, 0.25) is 0 Å². The second-order valence-corrected chi connectivity index (χ2v) is 6.22. The Labute approximate surface area is 139 Å². The van der Waals surface area contributed by atoms with Gasteiger partial charge in [-0.1, -0.05) is 12.1 Å². The van der Waals surface area contributed by atoms with Gasteiger partial charge in [0.15, 0.2) is 0 Å². The average molecular weight is 329 g/mol. The summed E-state index contributed by atoms with van der Waals surface area (Å²) in [6.07, 6.45) is 3.71. The molecule has 2 amide bonds. The molecule has 1 aliphatic rings. The van der Waals surface area contributed by atoms with Gasteiger partial charge in [0.05, 0.1) is 5.56 Å². The lowest BCUT2D eigenvalue weighted by Crippen LogP contribution is -2.50. The fourth-order valence-corrected chi connectivity index (χ4v) is 3.33. The molecular weight excluding hydrogens is 310 g/mol. The lowest BCUT2D eigenvalue weighted by molar-refractivity contribution is 0.0531. The molecule has 2 aromatic rings. The van der Waals surface area contributed by atoms with E-state index in [-0.39, 0.29) is 11.8 Å². The van der Waals surface area contributed by atoms with Gasteiger partial charge in [-0.3, -0.25) is 9.59 Å². The Kier molecular flexibility index (Phi) is 4.71. The highest BCUT2D eigenvalue weighted by Crippen LogP contribution is 2.22. The predicted molar refractivity (Wildman–Crippen MR) is 90.8 cm³/mol. The number of hydrogen-bond donors (Lipinski definition) is 1. The Morgan fingerprint density at radius 1 is 0.957 bits per heavy atom. The predicted octanol–water partition coefficient (Wildman–Crippen LogP) is 2.33. The maximum Gasteiger partial charge on any atom is 0.270 e.